The Kier molecular flexibility index (Phi) is 4.96. The fraction of sp³-hybridized carbons (Fsp3) is 0.250. The van der Waals surface area contributed by atoms with Crippen molar-refractivity contribution in [3.8, 4) is 5.75 Å². The van der Waals surface area contributed by atoms with Gasteiger partial charge in [0.25, 0.3) is 5.69 Å². The first kappa shape index (κ1) is 15.5. The van der Waals surface area contributed by atoms with Gasteiger partial charge in [-0.05, 0) is 51.2 Å². The highest BCUT2D eigenvalue weighted by Gasteiger charge is 2.12. The van der Waals surface area contributed by atoms with Crippen molar-refractivity contribution in [2.75, 3.05) is 0 Å². The van der Waals surface area contributed by atoms with Crippen molar-refractivity contribution >= 4 is 21.6 Å². The average Bonchev–Trinajstić information content (AvgIpc) is 2.46. The Labute approximate surface area is 132 Å². The number of benzene rings is 2. The van der Waals surface area contributed by atoms with E-state index in [2.05, 4.69) is 35.8 Å². The van der Waals surface area contributed by atoms with E-state index < -0.39 is 4.92 Å². The first-order valence-corrected chi connectivity index (χ1v) is 7.42. The van der Waals surface area contributed by atoms with Gasteiger partial charge in [-0.2, -0.15) is 0 Å². The highest BCUT2D eigenvalue weighted by atomic mass is 79.9. The van der Waals surface area contributed by atoms with E-state index in [1.165, 1.54) is 11.6 Å². The van der Waals surface area contributed by atoms with Gasteiger partial charge in [0.15, 0.2) is 0 Å². The van der Waals surface area contributed by atoms with E-state index in [4.69, 9.17) is 4.74 Å². The summed E-state index contributed by atoms with van der Waals surface area (Å²) in [4.78, 5) is 10.5. The number of hydrogen-bond acceptors (Lipinski definition) is 3. The van der Waals surface area contributed by atoms with Gasteiger partial charge in [-0.15, -0.1) is 0 Å². The summed E-state index contributed by atoms with van der Waals surface area (Å²) in [6.45, 7) is 4.55. The van der Waals surface area contributed by atoms with Crippen LogP contribution in [-0.2, 0) is 6.61 Å². The maximum absolute atomic E-state index is 10.9. The quantitative estimate of drug-likeness (QED) is 0.559. The fourth-order valence-corrected chi connectivity index (χ4v) is 2.31. The van der Waals surface area contributed by atoms with Crippen molar-refractivity contribution in [2.45, 2.75) is 26.4 Å². The normalized spacial score (nSPS) is 10.7. The number of nitro groups is 1. The predicted octanol–water partition coefficient (Wildman–Crippen LogP) is 5.06. The van der Waals surface area contributed by atoms with Gasteiger partial charge in [0.2, 0.25) is 0 Å². The number of nitro benzene ring substituents is 1. The topological polar surface area (TPSA) is 52.4 Å². The molecule has 0 aliphatic rings. The minimum absolute atomic E-state index is 0.0482. The Morgan fingerprint density at radius 2 is 2.00 bits per heavy atom. The molecule has 0 radical (unpaired) electrons. The summed E-state index contributed by atoms with van der Waals surface area (Å²) in [5.74, 6) is 1.20. The Morgan fingerprint density at radius 3 is 2.67 bits per heavy atom. The van der Waals surface area contributed by atoms with E-state index in [1.54, 1.807) is 6.07 Å². The van der Waals surface area contributed by atoms with E-state index in [9.17, 15) is 10.1 Å². The van der Waals surface area contributed by atoms with Gasteiger partial charge < -0.3 is 4.74 Å². The van der Waals surface area contributed by atoms with Gasteiger partial charge in [0.1, 0.15) is 12.4 Å². The molecule has 0 heterocycles. The molecule has 2 aromatic carbocycles. The molecular formula is C16H16BrNO3. The summed E-state index contributed by atoms with van der Waals surface area (Å²) in [5.41, 5.74) is 2.01. The van der Waals surface area contributed by atoms with Crippen LogP contribution in [0.2, 0.25) is 0 Å². The van der Waals surface area contributed by atoms with E-state index in [0.29, 0.717) is 17.0 Å². The molecule has 4 nitrogen and oxygen atoms in total. The van der Waals surface area contributed by atoms with Crippen LogP contribution in [0, 0.1) is 10.1 Å². The van der Waals surface area contributed by atoms with Gasteiger partial charge in [-0.25, -0.2) is 0 Å². The molecule has 0 aliphatic heterocycles. The first-order chi connectivity index (χ1) is 9.97. The van der Waals surface area contributed by atoms with Crippen molar-refractivity contribution in [3.63, 3.8) is 0 Å². The number of nitrogens with zero attached hydrogens (tertiary/aromatic N) is 1. The zero-order chi connectivity index (χ0) is 15.4. The lowest BCUT2D eigenvalue weighted by Gasteiger charge is -2.10. The second-order valence-corrected chi connectivity index (χ2v) is 5.91. The molecule has 0 unspecified atom stereocenters. The lowest BCUT2D eigenvalue weighted by Crippen LogP contribution is -1.98. The number of rotatable bonds is 5. The lowest BCUT2D eigenvalue weighted by atomic mass is 10.0. The van der Waals surface area contributed by atoms with Crippen LogP contribution in [-0.4, -0.2) is 4.92 Å². The minimum atomic E-state index is -0.410. The standard InChI is InChI=1S/C16H16BrNO3/c1-11(2)13-4-3-5-14(9-13)21-10-12-6-7-15(17)16(8-12)18(19)20/h3-9,11H,10H2,1-2H3. The van der Waals surface area contributed by atoms with Crippen molar-refractivity contribution in [3.05, 3.63) is 68.2 Å². The molecule has 0 spiro atoms. The van der Waals surface area contributed by atoms with Gasteiger partial charge in [0.05, 0.1) is 9.40 Å². The number of halogens is 1. The van der Waals surface area contributed by atoms with Crippen LogP contribution in [0.1, 0.15) is 30.9 Å². The second-order valence-electron chi connectivity index (χ2n) is 5.06. The number of hydrogen-bond donors (Lipinski definition) is 0. The summed E-state index contributed by atoms with van der Waals surface area (Å²) in [6.07, 6.45) is 0. The van der Waals surface area contributed by atoms with Crippen LogP contribution in [0.25, 0.3) is 0 Å². The average molecular weight is 350 g/mol. The summed E-state index contributed by atoms with van der Waals surface area (Å²) in [6, 6.07) is 12.9. The molecule has 0 saturated carbocycles. The molecule has 0 aliphatic carbocycles. The van der Waals surface area contributed by atoms with Gasteiger partial charge in [-0.3, -0.25) is 10.1 Å². The molecule has 0 N–H and O–H groups in total. The largest absolute Gasteiger partial charge is 0.489 e. The molecule has 0 aromatic heterocycles. The monoisotopic (exact) mass is 349 g/mol. The van der Waals surface area contributed by atoms with E-state index in [-0.39, 0.29) is 5.69 Å². The van der Waals surface area contributed by atoms with E-state index in [0.717, 1.165) is 11.3 Å². The zero-order valence-corrected chi connectivity index (χ0v) is 13.5. The van der Waals surface area contributed by atoms with Crippen LogP contribution in [0.4, 0.5) is 5.69 Å². The summed E-state index contributed by atoms with van der Waals surface area (Å²) in [5, 5.41) is 10.9. The molecule has 0 atom stereocenters. The molecular weight excluding hydrogens is 334 g/mol. The maximum atomic E-state index is 10.9. The molecule has 0 bridgehead atoms. The molecule has 2 aromatic rings. The fourth-order valence-electron chi connectivity index (χ4n) is 1.92. The van der Waals surface area contributed by atoms with Crippen LogP contribution < -0.4 is 4.74 Å². The first-order valence-electron chi connectivity index (χ1n) is 6.63. The summed E-state index contributed by atoms with van der Waals surface area (Å²) < 4.78 is 6.19. The van der Waals surface area contributed by atoms with Crippen LogP contribution in [0.15, 0.2) is 46.9 Å². The molecule has 110 valence electrons. The smallest absolute Gasteiger partial charge is 0.283 e. The summed E-state index contributed by atoms with van der Waals surface area (Å²) in [7, 11) is 0. The van der Waals surface area contributed by atoms with Crippen LogP contribution in [0.3, 0.4) is 0 Å². The third-order valence-electron chi connectivity index (χ3n) is 3.14. The minimum Gasteiger partial charge on any atom is -0.489 e. The molecule has 0 amide bonds. The third-order valence-corrected chi connectivity index (χ3v) is 3.81. The van der Waals surface area contributed by atoms with Gasteiger partial charge >= 0.3 is 0 Å². The van der Waals surface area contributed by atoms with Crippen LogP contribution in [0.5, 0.6) is 5.75 Å². The maximum Gasteiger partial charge on any atom is 0.283 e. The van der Waals surface area contributed by atoms with Crippen molar-refractivity contribution in [1.82, 2.24) is 0 Å². The Balaban J connectivity index is 2.11. The van der Waals surface area contributed by atoms with E-state index >= 15 is 0 Å². The number of ether oxygens (including phenoxy) is 1. The van der Waals surface area contributed by atoms with Crippen LogP contribution >= 0.6 is 15.9 Å². The molecule has 21 heavy (non-hydrogen) atoms. The summed E-state index contributed by atoms with van der Waals surface area (Å²) >= 11 is 3.17. The Morgan fingerprint density at radius 1 is 1.24 bits per heavy atom. The highest BCUT2D eigenvalue weighted by Crippen LogP contribution is 2.26. The lowest BCUT2D eigenvalue weighted by molar-refractivity contribution is -0.385. The van der Waals surface area contributed by atoms with Gasteiger partial charge in [-0.1, -0.05) is 32.0 Å². The molecule has 0 fully saturated rings. The predicted molar refractivity (Wildman–Crippen MR) is 85.7 cm³/mol. The third kappa shape index (κ3) is 4.04. The van der Waals surface area contributed by atoms with Crippen molar-refractivity contribution < 1.29 is 9.66 Å². The Hall–Kier alpha value is -1.88. The molecule has 5 heteroatoms. The van der Waals surface area contributed by atoms with E-state index in [1.807, 2.05) is 24.3 Å². The zero-order valence-electron chi connectivity index (χ0n) is 11.9. The van der Waals surface area contributed by atoms with Gasteiger partial charge in [0, 0.05) is 6.07 Å². The van der Waals surface area contributed by atoms with Crippen molar-refractivity contribution in [1.29, 1.82) is 0 Å². The molecule has 0 saturated heterocycles. The Bertz CT molecular complexity index is 656. The highest BCUT2D eigenvalue weighted by molar-refractivity contribution is 9.10. The SMILES string of the molecule is CC(C)c1cccc(OCc2ccc(Br)c([N+](=O)[O-])c2)c1. The second kappa shape index (κ2) is 6.72. The molecule has 2 rings (SSSR count). The van der Waals surface area contributed by atoms with Crippen molar-refractivity contribution in [2.24, 2.45) is 0 Å².